The van der Waals surface area contributed by atoms with Crippen molar-refractivity contribution in [2.75, 3.05) is 18.9 Å². The monoisotopic (exact) mass is 518 g/mol. The van der Waals surface area contributed by atoms with Gasteiger partial charge in [0.05, 0.1) is 23.1 Å². The van der Waals surface area contributed by atoms with Crippen LogP contribution in [0.2, 0.25) is 0 Å². The quantitative estimate of drug-likeness (QED) is 0.293. The zero-order valence-corrected chi connectivity index (χ0v) is 21.2. The molecule has 9 heteroatoms. The van der Waals surface area contributed by atoms with Crippen molar-refractivity contribution in [3.8, 4) is 34.6 Å². The minimum Gasteiger partial charge on any atom is -0.489 e. The Morgan fingerprint density at radius 1 is 0.949 bits per heavy atom. The smallest absolute Gasteiger partial charge is 0.164 e. The molecule has 3 aromatic carbocycles. The Labute approximate surface area is 225 Å². The second-order valence-corrected chi connectivity index (χ2v) is 9.25. The molecule has 0 amide bonds. The lowest BCUT2D eigenvalue weighted by atomic mass is 10.1. The average molecular weight is 519 g/mol. The standard InChI is InChI=1S/C30H26N6O3/c31-17-21-4-1-2-5-22(21)18-38-25-6-3-7-26(16-25)39-24-10-8-20(9-11-24)28-27-29(32)33-19-34-30(27)36(35-28)23-12-14-37-15-13-23/h1-11,16,19,23H,12-15,18H2,(H2,32,33,34). The van der Waals surface area contributed by atoms with E-state index in [1.807, 2.05) is 71.4 Å². The summed E-state index contributed by atoms with van der Waals surface area (Å²) in [5.74, 6) is 2.36. The number of rotatable bonds is 7. The first-order chi connectivity index (χ1) is 19.2. The number of anilines is 1. The molecule has 0 spiro atoms. The number of aromatic nitrogens is 4. The van der Waals surface area contributed by atoms with Crippen molar-refractivity contribution >= 4 is 16.9 Å². The Balaban J connectivity index is 1.21. The van der Waals surface area contributed by atoms with E-state index in [0.29, 0.717) is 48.5 Å². The number of nitrogens with two attached hydrogens (primary N) is 1. The van der Waals surface area contributed by atoms with E-state index in [9.17, 15) is 5.26 Å². The molecule has 2 aromatic heterocycles. The van der Waals surface area contributed by atoms with Gasteiger partial charge in [-0.25, -0.2) is 14.6 Å². The Kier molecular flexibility index (Phi) is 6.76. The van der Waals surface area contributed by atoms with E-state index in [1.54, 1.807) is 6.07 Å². The van der Waals surface area contributed by atoms with E-state index in [0.717, 1.165) is 40.7 Å². The summed E-state index contributed by atoms with van der Waals surface area (Å²) in [4.78, 5) is 8.72. The number of hydrogen-bond acceptors (Lipinski definition) is 8. The molecule has 1 aliphatic rings. The molecule has 2 N–H and O–H groups in total. The zero-order valence-electron chi connectivity index (χ0n) is 21.2. The highest BCUT2D eigenvalue weighted by atomic mass is 16.5. The van der Waals surface area contributed by atoms with Crippen LogP contribution in [0.3, 0.4) is 0 Å². The number of benzene rings is 3. The Bertz CT molecular complexity index is 1650. The first-order valence-corrected chi connectivity index (χ1v) is 12.7. The van der Waals surface area contributed by atoms with E-state index < -0.39 is 0 Å². The van der Waals surface area contributed by atoms with Gasteiger partial charge < -0.3 is 19.9 Å². The van der Waals surface area contributed by atoms with Crippen molar-refractivity contribution in [3.63, 3.8) is 0 Å². The summed E-state index contributed by atoms with van der Waals surface area (Å²) in [5, 5.41) is 15.0. The van der Waals surface area contributed by atoms with Gasteiger partial charge in [0, 0.05) is 30.4 Å². The maximum absolute atomic E-state index is 9.30. The van der Waals surface area contributed by atoms with E-state index >= 15 is 0 Å². The predicted octanol–water partition coefficient (Wildman–Crippen LogP) is 5.67. The fraction of sp³-hybridized carbons (Fsp3) is 0.200. The maximum Gasteiger partial charge on any atom is 0.164 e. The molecule has 9 nitrogen and oxygen atoms in total. The summed E-state index contributed by atoms with van der Waals surface area (Å²) in [5.41, 5.74) is 10.1. The summed E-state index contributed by atoms with van der Waals surface area (Å²) in [6.07, 6.45) is 3.23. The van der Waals surface area contributed by atoms with Crippen LogP contribution in [-0.4, -0.2) is 33.0 Å². The molecule has 0 atom stereocenters. The minimum absolute atomic E-state index is 0.204. The van der Waals surface area contributed by atoms with E-state index in [-0.39, 0.29) is 6.04 Å². The van der Waals surface area contributed by atoms with Crippen LogP contribution in [0.15, 0.2) is 79.1 Å². The fourth-order valence-corrected chi connectivity index (χ4v) is 4.74. The molecule has 194 valence electrons. The number of fused-ring (bicyclic) bond motifs is 1. The second-order valence-electron chi connectivity index (χ2n) is 9.25. The minimum atomic E-state index is 0.204. The predicted molar refractivity (Wildman–Crippen MR) is 146 cm³/mol. The molecule has 39 heavy (non-hydrogen) atoms. The summed E-state index contributed by atoms with van der Waals surface area (Å²) in [6, 6.07) is 24.9. The first-order valence-electron chi connectivity index (χ1n) is 12.7. The lowest BCUT2D eigenvalue weighted by Crippen LogP contribution is -2.20. The molecular weight excluding hydrogens is 492 g/mol. The van der Waals surface area contributed by atoms with Gasteiger partial charge in [0.2, 0.25) is 0 Å². The van der Waals surface area contributed by atoms with Gasteiger partial charge in [-0.2, -0.15) is 10.4 Å². The highest BCUT2D eigenvalue weighted by molar-refractivity contribution is 5.98. The van der Waals surface area contributed by atoms with Crippen molar-refractivity contribution in [2.24, 2.45) is 0 Å². The highest BCUT2D eigenvalue weighted by Crippen LogP contribution is 2.35. The van der Waals surface area contributed by atoms with E-state index in [4.69, 9.17) is 25.0 Å². The average Bonchev–Trinajstić information content (AvgIpc) is 3.38. The lowest BCUT2D eigenvalue weighted by Gasteiger charge is -2.22. The Morgan fingerprint density at radius 2 is 1.74 bits per heavy atom. The van der Waals surface area contributed by atoms with Crippen LogP contribution in [-0.2, 0) is 11.3 Å². The third-order valence-corrected chi connectivity index (χ3v) is 6.76. The van der Waals surface area contributed by atoms with Crippen LogP contribution in [0.25, 0.3) is 22.3 Å². The summed E-state index contributed by atoms with van der Waals surface area (Å²) >= 11 is 0. The molecule has 0 saturated carbocycles. The third kappa shape index (κ3) is 5.10. The molecule has 6 rings (SSSR count). The summed E-state index contributed by atoms with van der Waals surface area (Å²) < 4.78 is 19.5. The van der Waals surface area contributed by atoms with Gasteiger partial charge >= 0.3 is 0 Å². The summed E-state index contributed by atoms with van der Waals surface area (Å²) in [7, 11) is 0. The Morgan fingerprint density at radius 3 is 2.56 bits per heavy atom. The van der Waals surface area contributed by atoms with Crippen molar-refractivity contribution in [1.82, 2.24) is 19.7 Å². The highest BCUT2D eigenvalue weighted by Gasteiger charge is 2.24. The molecule has 0 aliphatic carbocycles. The third-order valence-electron chi connectivity index (χ3n) is 6.76. The topological polar surface area (TPSA) is 121 Å². The molecule has 0 radical (unpaired) electrons. The van der Waals surface area contributed by atoms with Gasteiger partial charge in [-0.15, -0.1) is 0 Å². The molecule has 3 heterocycles. The van der Waals surface area contributed by atoms with Crippen LogP contribution >= 0.6 is 0 Å². The zero-order chi connectivity index (χ0) is 26.6. The first kappa shape index (κ1) is 24.4. The van der Waals surface area contributed by atoms with E-state index in [2.05, 4.69) is 16.0 Å². The largest absolute Gasteiger partial charge is 0.489 e. The maximum atomic E-state index is 9.30. The molecule has 1 saturated heterocycles. The van der Waals surface area contributed by atoms with Crippen molar-refractivity contribution in [1.29, 1.82) is 5.26 Å². The lowest BCUT2D eigenvalue weighted by molar-refractivity contribution is 0.0674. The van der Waals surface area contributed by atoms with Crippen LogP contribution in [0.5, 0.6) is 17.2 Å². The molecule has 1 aliphatic heterocycles. The summed E-state index contributed by atoms with van der Waals surface area (Å²) in [6.45, 7) is 1.70. The molecule has 0 unspecified atom stereocenters. The van der Waals surface area contributed by atoms with Crippen LogP contribution in [0.4, 0.5) is 5.82 Å². The van der Waals surface area contributed by atoms with Crippen LogP contribution in [0, 0.1) is 11.3 Å². The van der Waals surface area contributed by atoms with Gasteiger partial charge in [0.1, 0.15) is 41.7 Å². The normalized spacial score (nSPS) is 13.7. The van der Waals surface area contributed by atoms with Gasteiger partial charge in [-0.3, -0.25) is 0 Å². The molecule has 1 fully saturated rings. The number of ether oxygens (including phenoxy) is 3. The van der Waals surface area contributed by atoms with Crippen LogP contribution < -0.4 is 15.2 Å². The fourth-order valence-electron chi connectivity index (χ4n) is 4.74. The Hall–Kier alpha value is -4.94. The number of nitrogen functional groups attached to an aromatic ring is 1. The number of nitrogens with zero attached hydrogens (tertiary/aromatic N) is 5. The van der Waals surface area contributed by atoms with Crippen LogP contribution in [0.1, 0.15) is 30.0 Å². The van der Waals surface area contributed by atoms with Gasteiger partial charge in [0.25, 0.3) is 0 Å². The van der Waals surface area contributed by atoms with Gasteiger partial charge in [-0.05, 0) is 55.3 Å². The SMILES string of the molecule is N#Cc1ccccc1COc1cccc(Oc2ccc(-c3nn(C4CCOCC4)c4ncnc(N)c34)cc2)c1. The molecule has 0 bridgehead atoms. The number of hydrogen-bond donors (Lipinski definition) is 1. The molecular formula is C30H26N6O3. The van der Waals surface area contributed by atoms with Gasteiger partial charge in [-0.1, -0.05) is 24.3 Å². The van der Waals surface area contributed by atoms with Crippen molar-refractivity contribution in [2.45, 2.75) is 25.5 Å². The number of nitriles is 1. The second kappa shape index (κ2) is 10.8. The van der Waals surface area contributed by atoms with Gasteiger partial charge in [0.15, 0.2) is 5.65 Å². The van der Waals surface area contributed by atoms with Crippen molar-refractivity contribution < 1.29 is 14.2 Å². The van der Waals surface area contributed by atoms with E-state index in [1.165, 1.54) is 6.33 Å². The molecule has 5 aromatic rings. The van der Waals surface area contributed by atoms with Crippen molar-refractivity contribution in [3.05, 3.63) is 90.3 Å².